The number of hydrogen-bond acceptors (Lipinski definition) is 4. The van der Waals surface area contributed by atoms with E-state index in [1.165, 1.54) is 10.6 Å². The smallest absolute Gasteiger partial charge is 0.0901 e. The van der Waals surface area contributed by atoms with Crippen LogP contribution in [0.3, 0.4) is 0 Å². The highest BCUT2D eigenvalue weighted by atomic mass is 32.1. The van der Waals surface area contributed by atoms with Crippen molar-refractivity contribution in [2.75, 3.05) is 24.3 Å². The van der Waals surface area contributed by atoms with Crippen molar-refractivity contribution in [1.29, 1.82) is 0 Å². The zero-order valence-electron chi connectivity index (χ0n) is 12.2. The van der Waals surface area contributed by atoms with Gasteiger partial charge in [0.15, 0.2) is 0 Å². The summed E-state index contributed by atoms with van der Waals surface area (Å²) in [7, 11) is 4.10. The molecule has 0 radical (unpaired) electrons. The van der Waals surface area contributed by atoms with Gasteiger partial charge in [0.1, 0.15) is 0 Å². The average molecular weight is 275 g/mol. The van der Waals surface area contributed by atoms with Gasteiger partial charge >= 0.3 is 0 Å². The number of hydrogen-bond donors (Lipinski definition) is 1. The lowest BCUT2D eigenvalue weighted by Crippen LogP contribution is -2.10. The van der Waals surface area contributed by atoms with Crippen molar-refractivity contribution in [3.8, 4) is 0 Å². The Hall–Kier alpha value is -1.55. The molecule has 0 bridgehead atoms. The Morgan fingerprint density at radius 2 is 1.79 bits per heavy atom. The van der Waals surface area contributed by atoms with Gasteiger partial charge in [0.2, 0.25) is 0 Å². The molecule has 3 nitrogen and oxygen atoms in total. The van der Waals surface area contributed by atoms with Crippen molar-refractivity contribution < 1.29 is 0 Å². The maximum absolute atomic E-state index is 4.60. The molecule has 102 valence electrons. The van der Waals surface area contributed by atoms with Crippen molar-refractivity contribution in [3.05, 3.63) is 39.8 Å². The van der Waals surface area contributed by atoms with E-state index >= 15 is 0 Å². The molecule has 0 aliphatic rings. The van der Waals surface area contributed by atoms with E-state index in [4.69, 9.17) is 0 Å². The van der Waals surface area contributed by atoms with Crippen LogP contribution >= 0.6 is 11.3 Å². The number of nitrogens with zero attached hydrogens (tertiary/aromatic N) is 2. The van der Waals surface area contributed by atoms with Gasteiger partial charge in [0, 0.05) is 30.3 Å². The maximum atomic E-state index is 4.60. The molecule has 0 saturated carbocycles. The predicted octanol–water partition coefficient (Wildman–Crippen LogP) is 4.00. The van der Waals surface area contributed by atoms with Crippen molar-refractivity contribution >= 4 is 22.7 Å². The lowest BCUT2D eigenvalue weighted by Gasteiger charge is -2.16. The van der Waals surface area contributed by atoms with Gasteiger partial charge < -0.3 is 10.2 Å². The Labute approximate surface area is 119 Å². The molecule has 0 amide bonds. The predicted molar refractivity (Wildman–Crippen MR) is 84.4 cm³/mol. The van der Waals surface area contributed by atoms with Gasteiger partial charge in [-0.25, -0.2) is 4.98 Å². The molecule has 0 fully saturated rings. The van der Waals surface area contributed by atoms with Crippen LogP contribution in [0.25, 0.3) is 0 Å². The second-order valence-electron chi connectivity index (χ2n) is 4.98. The highest BCUT2D eigenvalue weighted by Crippen LogP contribution is 2.26. The normalized spacial score (nSPS) is 12.3. The molecular weight excluding hydrogens is 254 g/mol. The third-order valence-electron chi connectivity index (χ3n) is 3.12. The highest BCUT2D eigenvalue weighted by Gasteiger charge is 2.12. The topological polar surface area (TPSA) is 28.2 Å². The Morgan fingerprint density at radius 1 is 1.16 bits per heavy atom. The van der Waals surface area contributed by atoms with Gasteiger partial charge in [-0.3, -0.25) is 0 Å². The van der Waals surface area contributed by atoms with E-state index in [0.29, 0.717) is 0 Å². The number of anilines is 2. The molecule has 0 aliphatic heterocycles. The van der Waals surface area contributed by atoms with Crippen molar-refractivity contribution in [3.63, 3.8) is 0 Å². The molecular formula is C15H21N3S. The van der Waals surface area contributed by atoms with Crippen LogP contribution in [0, 0.1) is 13.8 Å². The number of thiazole rings is 1. The minimum absolute atomic E-state index is 0.232. The molecule has 0 spiro atoms. The molecule has 1 aromatic heterocycles. The SMILES string of the molecule is Cc1nc(C(C)Nc2ccc(N(C)C)cc2)c(C)s1. The van der Waals surface area contributed by atoms with E-state index in [9.17, 15) is 0 Å². The fourth-order valence-electron chi connectivity index (χ4n) is 2.12. The first-order chi connectivity index (χ1) is 8.97. The summed E-state index contributed by atoms with van der Waals surface area (Å²) in [5, 5.41) is 4.63. The molecule has 1 unspecified atom stereocenters. The Bertz CT molecular complexity index is 543. The Morgan fingerprint density at radius 3 is 2.26 bits per heavy atom. The van der Waals surface area contributed by atoms with Crippen LogP contribution in [0.2, 0.25) is 0 Å². The lowest BCUT2D eigenvalue weighted by molar-refractivity contribution is 0.837. The molecule has 2 aromatic rings. The van der Waals surface area contributed by atoms with E-state index in [-0.39, 0.29) is 6.04 Å². The van der Waals surface area contributed by atoms with Crippen LogP contribution in [0.4, 0.5) is 11.4 Å². The van der Waals surface area contributed by atoms with Gasteiger partial charge in [0.25, 0.3) is 0 Å². The van der Waals surface area contributed by atoms with Crippen LogP contribution < -0.4 is 10.2 Å². The number of benzene rings is 1. The summed E-state index contributed by atoms with van der Waals surface area (Å²) in [5.41, 5.74) is 3.49. The lowest BCUT2D eigenvalue weighted by atomic mass is 10.2. The van der Waals surface area contributed by atoms with E-state index in [0.717, 1.165) is 16.4 Å². The molecule has 1 N–H and O–H groups in total. The van der Waals surface area contributed by atoms with Gasteiger partial charge in [-0.15, -0.1) is 11.3 Å². The first kappa shape index (κ1) is 13.9. The summed E-state index contributed by atoms with van der Waals surface area (Å²) in [5.74, 6) is 0. The first-order valence-corrected chi connectivity index (χ1v) is 7.27. The maximum Gasteiger partial charge on any atom is 0.0901 e. The quantitative estimate of drug-likeness (QED) is 0.914. The second kappa shape index (κ2) is 5.61. The van der Waals surface area contributed by atoms with Gasteiger partial charge in [-0.1, -0.05) is 0 Å². The van der Waals surface area contributed by atoms with E-state index in [1.807, 2.05) is 14.1 Å². The first-order valence-electron chi connectivity index (χ1n) is 6.45. The fraction of sp³-hybridized carbons (Fsp3) is 0.400. The summed E-state index contributed by atoms with van der Waals surface area (Å²) >= 11 is 1.76. The molecule has 0 saturated heterocycles. The zero-order chi connectivity index (χ0) is 14.0. The van der Waals surface area contributed by atoms with E-state index < -0.39 is 0 Å². The van der Waals surface area contributed by atoms with E-state index in [2.05, 4.69) is 60.2 Å². The number of nitrogens with one attached hydrogen (secondary N) is 1. The van der Waals surface area contributed by atoms with Crippen LogP contribution in [-0.2, 0) is 0 Å². The summed E-state index contributed by atoms with van der Waals surface area (Å²) in [6.45, 7) is 6.34. The summed E-state index contributed by atoms with van der Waals surface area (Å²) in [6, 6.07) is 8.69. The zero-order valence-corrected chi connectivity index (χ0v) is 13.0. The second-order valence-corrected chi connectivity index (χ2v) is 6.39. The monoisotopic (exact) mass is 275 g/mol. The largest absolute Gasteiger partial charge is 0.378 e. The summed E-state index contributed by atoms with van der Waals surface area (Å²) in [4.78, 5) is 7.99. The van der Waals surface area contributed by atoms with Crippen LogP contribution in [0.1, 0.15) is 28.5 Å². The van der Waals surface area contributed by atoms with Crippen molar-refractivity contribution in [2.45, 2.75) is 26.8 Å². The van der Waals surface area contributed by atoms with Crippen molar-refractivity contribution in [1.82, 2.24) is 4.98 Å². The Balaban J connectivity index is 2.10. The molecule has 1 atom stereocenters. The van der Waals surface area contributed by atoms with E-state index in [1.54, 1.807) is 11.3 Å². The summed E-state index contributed by atoms with van der Waals surface area (Å²) < 4.78 is 0. The van der Waals surface area contributed by atoms with Gasteiger partial charge in [0.05, 0.1) is 16.7 Å². The number of aromatic nitrogens is 1. The fourth-order valence-corrected chi connectivity index (χ4v) is 3.03. The third-order valence-corrected chi connectivity index (χ3v) is 4.02. The van der Waals surface area contributed by atoms with Crippen LogP contribution in [-0.4, -0.2) is 19.1 Å². The molecule has 4 heteroatoms. The van der Waals surface area contributed by atoms with Gasteiger partial charge in [-0.2, -0.15) is 0 Å². The number of rotatable bonds is 4. The Kier molecular flexibility index (Phi) is 4.10. The third kappa shape index (κ3) is 3.26. The van der Waals surface area contributed by atoms with Gasteiger partial charge in [-0.05, 0) is 45.0 Å². The van der Waals surface area contributed by atoms with Crippen molar-refractivity contribution in [2.24, 2.45) is 0 Å². The minimum Gasteiger partial charge on any atom is -0.378 e. The molecule has 1 aromatic carbocycles. The van der Waals surface area contributed by atoms with Crippen LogP contribution in [0.15, 0.2) is 24.3 Å². The number of aryl methyl sites for hydroxylation is 2. The molecule has 2 rings (SSSR count). The molecule has 0 aliphatic carbocycles. The standard InChI is InChI=1S/C15H21N3S/c1-10(15-11(2)19-12(3)17-15)16-13-6-8-14(9-7-13)18(4)5/h6-10,16H,1-5H3. The molecule has 19 heavy (non-hydrogen) atoms. The highest BCUT2D eigenvalue weighted by molar-refractivity contribution is 7.11. The summed E-state index contributed by atoms with van der Waals surface area (Å²) in [6.07, 6.45) is 0. The molecule has 1 heterocycles. The minimum atomic E-state index is 0.232. The van der Waals surface area contributed by atoms with Crippen LogP contribution in [0.5, 0.6) is 0 Å². The average Bonchev–Trinajstić information content (AvgIpc) is 2.69.